The normalized spacial score (nSPS) is 11.9. The Morgan fingerprint density at radius 2 is 1.61 bits per heavy atom. The number of rotatable bonds is 8. The molecule has 0 spiro atoms. The van der Waals surface area contributed by atoms with Gasteiger partial charge in [0.1, 0.15) is 17.5 Å². The molecule has 33 heavy (non-hydrogen) atoms. The van der Waals surface area contributed by atoms with Crippen LogP contribution in [0.3, 0.4) is 0 Å². The second-order valence-electron chi connectivity index (χ2n) is 7.71. The standard InChI is InChI=1S/C26H25N5O2/c1-4-15-31(18-20-11-9-19(16-27)10-12-20)25(33)14-13-24(32)21(17-28)26-29(2)22-7-5-6-8-23(22)30(26)3/h4-12H,1,13-15,18H2,2-3H3. The van der Waals surface area contributed by atoms with Gasteiger partial charge in [-0.3, -0.25) is 9.59 Å². The van der Waals surface area contributed by atoms with Gasteiger partial charge in [-0.25, -0.2) is 0 Å². The van der Waals surface area contributed by atoms with Crippen molar-refractivity contribution in [1.29, 1.82) is 10.5 Å². The Morgan fingerprint density at radius 1 is 1.00 bits per heavy atom. The number of fused-ring (bicyclic) bond motifs is 1. The molecular formula is C26H25N5O2. The van der Waals surface area contributed by atoms with Crippen molar-refractivity contribution in [3.05, 3.63) is 83.7 Å². The van der Waals surface area contributed by atoms with Crippen molar-refractivity contribution in [2.45, 2.75) is 19.4 Å². The average molecular weight is 440 g/mol. The summed E-state index contributed by atoms with van der Waals surface area (Å²) >= 11 is 0. The molecule has 1 aliphatic heterocycles. The lowest BCUT2D eigenvalue weighted by Gasteiger charge is -2.22. The van der Waals surface area contributed by atoms with Gasteiger partial charge in [0.05, 0.1) is 23.0 Å². The van der Waals surface area contributed by atoms with Crippen LogP contribution in [0.1, 0.15) is 24.0 Å². The zero-order valence-corrected chi connectivity index (χ0v) is 18.8. The lowest BCUT2D eigenvalue weighted by atomic mass is 10.1. The number of hydrogen-bond donors (Lipinski definition) is 0. The maximum absolute atomic E-state index is 13.0. The number of nitrogens with zero attached hydrogens (tertiary/aromatic N) is 5. The van der Waals surface area contributed by atoms with Crippen LogP contribution in [0.15, 0.2) is 72.6 Å². The van der Waals surface area contributed by atoms with Gasteiger partial charge in [-0.05, 0) is 29.8 Å². The predicted molar refractivity (Wildman–Crippen MR) is 127 cm³/mol. The highest BCUT2D eigenvalue weighted by Gasteiger charge is 2.31. The molecule has 166 valence electrons. The number of hydrogen-bond acceptors (Lipinski definition) is 6. The van der Waals surface area contributed by atoms with Crippen molar-refractivity contribution in [2.75, 3.05) is 30.4 Å². The molecule has 0 aliphatic carbocycles. The summed E-state index contributed by atoms with van der Waals surface area (Å²) < 4.78 is 0. The third kappa shape index (κ3) is 4.94. The summed E-state index contributed by atoms with van der Waals surface area (Å²) in [6.45, 7) is 4.39. The fourth-order valence-corrected chi connectivity index (χ4v) is 3.88. The van der Waals surface area contributed by atoms with Gasteiger partial charge in [-0.1, -0.05) is 30.3 Å². The molecule has 2 aromatic rings. The number of ketones is 1. The number of anilines is 2. The molecule has 2 aromatic carbocycles. The zero-order valence-electron chi connectivity index (χ0n) is 18.8. The molecule has 0 fully saturated rings. The van der Waals surface area contributed by atoms with Gasteiger partial charge in [-0.15, -0.1) is 6.58 Å². The first-order chi connectivity index (χ1) is 15.9. The lowest BCUT2D eigenvalue weighted by Crippen LogP contribution is -2.31. The Labute approximate surface area is 194 Å². The Kier molecular flexibility index (Phi) is 7.27. The number of carbonyl (C=O) groups excluding carboxylic acids is 2. The number of amides is 1. The van der Waals surface area contributed by atoms with E-state index in [1.54, 1.807) is 35.2 Å². The average Bonchev–Trinajstić information content (AvgIpc) is 3.08. The predicted octanol–water partition coefficient (Wildman–Crippen LogP) is 3.74. The molecule has 7 nitrogen and oxygen atoms in total. The summed E-state index contributed by atoms with van der Waals surface area (Å²) in [6, 6.07) is 18.8. The molecule has 0 saturated carbocycles. The number of Topliss-reactive ketones (excluding diaryl/α,β-unsaturated/α-hetero) is 1. The number of allylic oxidation sites excluding steroid dienone is 1. The van der Waals surface area contributed by atoms with Gasteiger partial charge in [0.15, 0.2) is 5.78 Å². The SMILES string of the molecule is C=CCN(Cc1ccc(C#N)cc1)C(=O)CCC(=O)C(C#N)=C1N(C)c2ccccc2N1C. The van der Waals surface area contributed by atoms with E-state index in [4.69, 9.17) is 5.26 Å². The van der Waals surface area contributed by atoms with Crippen LogP contribution < -0.4 is 9.80 Å². The number of benzene rings is 2. The highest BCUT2D eigenvalue weighted by Crippen LogP contribution is 2.40. The van der Waals surface area contributed by atoms with E-state index in [9.17, 15) is 14.9 Å². The van der Waals surface area contributed by atoms with Crippen LogP contribution in [-0.2, 0) is 16.1 Å². The summed E-state index contributed by atoms with van der Waals surface area (Å²) in [7, 11) is 3.63. The van der Waals surface area contributed by atoms with Gasteiger partial charge in [0.25, 0.3) is 0 Å². The van der Waals surface area contributed by atoms with E-state index in [1.807, 2.05) is 54.2 Å². The summed E-state index contributed by atoms with van der Waals surface area (Å²) in [5.41, 5.74) is 3.28. The molecule has 0 bridgehead atoms. The minimum atomic E-state index is -0.371. The number of para-hydroxylation sites is 2. The highest BCUT2D eigenvalue weighted by molar-refractivity contribution is 6.03. The van der Waals surface area contributed by atoms with E-state index in [-0.39, 0.29) is 30.1 Å². The fraction of sp³-hybridized carbons (Fsp3) is 0.231. The minimum absolute atomic E-state index is 0.0121. The molecule has 0 radical (unpaired) electrons. The Balaban J connectivity index is 1.71. The topological polar surface area (TPSA) is 91.4 Å². The molecular weight excluding hydrogens is 414 g/mol. The van der Waals surface area contributed by atoms with Crippen molar-refractivity contribution in [3.8, 4) is 12.1 Å². The molecule has 7 heteroatoms. The number of nitriles is 2. The van der Waals surface area contributed by atoms with E-state index in [1.165, 1.54) is 0 Å². The molecule has 1 heterocycles. The maximum Gasteiger partial charge on any atom is 0.223 e. The lowest BCUT2D eigenvalue weighted by molar-refractivity contribution is -0.132. The summed E-state index contributed by atoms with van der Waals surface area (Å²) in [6.07, 6.45) is 1.55. The molecule has 0 unspecified atom stereocenters. The number of carbonyl (C=O) groups is 2. The Hall–Kier alpha value is -4.36. The van der Waals surface area contributed by atoms with Crippen molar-refractivity contribution >= 4 is 23.1 Å². The van der Waals surface area contributed by atoms with Crippen LogP contribution in [0.2, 0.25) is 0 Å². The quantitative estimate of drug-likeness (QED) is 0.353. The van der Waals surface area contributed by atoms with Crippen LogP contribution in [0.5, 0.6) is 0 Å². The van der Waals surface area contributed by atoms with Gasteiger partial charge < -0.3 is 14.7 Å². The van der Waals surface area contributed by atoms with E-state index >= 15 is 0 Å². The van der Waals surface area contributed by atoms with E-state index in [2.05, 4.69) is 12.6 Å². The minimum Gasteiger partial charge on any atom is -0.335 e. The molecule has 1 amide bonds. The molecule has 0 aromatic heterocycles. The first-order valence-electron chi connectivity index (χ1n) is 10.5. The second-order valence-corrected chi connectivity index (χ2v) is 7.71. The van der Waals surface area contributed by atoms with Crippen molar-refractivity contribution < 1.29 is 9.59 Å². The summed E-state index contributed by atoms with van der Waals surface area (Å²) in [4.78, 5) is 31.1. The molecule has 3 rings (SSSR count). The fourth-order valence-electron chi connectivity index (χ4n) is 3.88. The summed E-state index contributed by atoms with van der Waals surface area (Å²) in [5, 5.41) is 18.7. The molecule has 0 atom stereocenters. The largest absolute Gasteiger partial charge is 0.335 e. The first kappa shape index (κ1) is 23.3. The van der Waals surface area contributed by atoms with Crippen molar-refractivity contribution in [2.24, 2.45) is 0 Å². The first-order valence-corrected chi connectivity index (χ1v) is 10.5. The van der Waals surface area contributed by atoms with Crippen molar-refractivity contribution in [1.82, 2.24) is 4.90 Å². The smallest absolute Gasteiger partial charge is 0.223 e. The van der Waals surface area contributed by atoms with Crippen LogP contribution in [0, 0.1) is 22.7 Å². The van der Waals surface area contributed by atoms with Gasteiger partial charge >= 0.3 is 0 Å². The Morgan fingerprint density at radius 3 is 2.12 bits per heavy atom. The molecule has 0 saturated heterocycles. The van der Waals surface area contributed by atoms with Crippen molar-refractivity contribution in [3.63, 3.8) is 0 Å². The van der Waals surface area contributed by atoms with Crippen LogP contribution >= 0.6 is 0 Å². The van der Waals surface area contributed by atoms with Crippen LogP contribution in [0.4, 0.5) is 11.4 Å². The molecule has 0 N–H and O–H groups in total. The van der Waals surface area contributed by atoms with E-state index in [0.717, 1.165) is 16.9 Å². The van der Waals surface area contributed by atoms with E-state index < -0.39 is 0 Å². The zero-order chi connectivity index (χ0) is 24.0. The maximum atomic E-state index is 13.0. The van der Waals surface area contributed by atoms with Gasteiger partial charge in [0.2, 0.25) is 5.91 Å². The third-order valence-corrected chi connectivity index (χ3v) is 5.58. The van der Waals surface area contributed by atoms with E-state index in [0.29, 0.717) is 24.5 Å². The monoisotopic (exact) mass is 439 g/mol. The second kappa shape index (κ2) is 10.3. The van der Waals surface area contributed by atoms with Crippen LogP contribution in [0.25, 0.3) is 0 Å². The highest BCUT2D eigenvalue weighted by atomic mass is 16.2. The van der Waals surface area contributed by atoms with Gasteiger partial charge in [-0.2, -0.15) is 10.5 Å². The third-order valence-electron chi connectivity index (χ3n) is 5.58. The van der Waals surface area contributed by atoms with Crippen LogP contribution in [-0.4, -0.2) is 37.2 Å². The molecule has 1 aliphatic rings. The Bertz CT molecular complexity index is 1150. The van der Waals surface area contributed by atoms with Gasteiger partial charge in [0, 0.05) is 40.0 Å². The summed E-state index contributed by atoms with van der Waals surface area (Å²) in [5.74, 6) is -0.0627.